The minimum Gasteiger partial charge on any atom is -0.508 e. The van der Waals surface area contributed by atoms with Crippen LogP contribution >= 0.6 is 0 Å². The Hall–Kier alpha value is -3.29. The number of phenolic OH excluding ortho intramolecular Hbond substituents is 1. The Balaban J connectivity index is 2.02. The van der Waals surface area contributed by atoms with E-state index in [0.29, 0.717) is 17.0 Å². The lowest BCUT2D eigenvalue weighted by Crippen LogP contribution is -2.31. The first-order valence-electron chi connectivity index (χ1n) is 7.09. The summed E-state index contributed by atoms with van der Waals surface area (Å²) in [6.45, 7) is 1.71. The van der Waals surface area contributed by atoms with Gasteiger partial charge < -0.3 is 20.5 Å². The van der Waals surface area contributed by atoms with Crippen LogP contribution in [0.2, 0.25) is 0 Å². The highest BCUT2D eigenvalue weighted by atomic mass is 16.6. The highest BCUT2D eigenvalue weighted by Crippen LogP contribution is 2.28. The summed E-state index contributed by atoms with van der Waals surface area (Å²) in [4.78, 5) is 22.1. The molecule has 0 heterocycles. The number of carbonyl (C=O) groups is 1. The molecular formula is C16H17N3O5. The van der Waals surface area contributed by atoms with E-state index in [1.165, 1.54) is 37.4 Å². The first kappa shape index (κ1) is 17.1. The molecule has 24 heavy (non-hydrogen) atoms. The molecule has 8 nitrogen and oxygen atoms in total. The highest BCUT2D eigenvalue weighted by molar-refractivity contribution is 5.89. The van der Waals surface area contributed by atoms with Gasteiger partial charge in [-0.25, -0.2) is 4.79 Å². The van der Waals surface area contributed by atoms with Crippen LogP contribution in [0.3, 0.4) is 0 Å². The van der Waals surface area contributed by atoms with Gasteiger partial charge in [-0.2, -0.15) is 0 Å². The van der Waals surface area contributed by atoms with E-state index in [9.17, 15) is 20.0 Å². The molecule has 126 valence electrons. The van der Waals surface area contributed by atoms with Crippen LogP contribution in [0.15, 0.2) is 42.5 Å². The van der Waals surface area contributed by atoms with Crippen molar-refractivity contribution in [3.05, 3.63) is 58.1 Å². The fourth-order valence-corrected chi connectivity index (χ4v) is 2.11. The molecule has 0 radical (unpaired) electrons. The van der Waals surface area contributed by atoms with E-state index in [1.54, 1.807) is 19.1 Å². The number of phenols is 1. The number of ether oxygens (including phenoxy) is 1. The molecule has 0 fully saturated rings. The molecule has 2 aromatic carbocycles. The lowest BCUT2D eigenvalue weighted by Gasteiger charge is -2.17. The molecule has 0 saturated heterocycles. The van der Waals surface area contributed by atoms with Gasteiger partial charge in [0.1, 0.15) is 11.5 Å². The first-order chi connectivity index (χ1) is 11.4. The first-order valence-corrected chi connectivity index (χ1v) is 7.09. The van der Waals surface area contributed by atoms with Crippen LogP contribution in [-0.2, 0) is 0 Å². The van der Waals surface area contributed by atoms with Crippen molar-refractivity contribution in [2.24, 2.45) is 0 Å². The number of rotatable bonds is 5. The molecule has 0 aliphatic rings. The van der Waals surface area contributed by atoms with E-state index in [0.717, 1.165) is 0 Å². The van der Waals surface area contributed by atoms with Gasteiger partial charge in [0.2, 0.25) is 0 Å². The number of anilines is 1. The molecule has 1 unspecified atom stereocenters. The van der Waals surface area contributed by atoms with Gasteiger partial charge in [-0.1, -0.05) is 0 Å². The Morgan fingerprint density at radius 1 is 1.25 bits per heavy atom. The van der Waals surface area contributed by atoms with Crippen LogP contribution in [0.1, 0.15) is 18.5 Å². The predicted molar refractivity (Wildman–Crippen MR) is 88.3 cm³/mol. The Morgan fingerprint density at radius 2 is 1.92 bits per heavy atom. The number of carbonyl (C=O) groups excluding carboxylic acids is 1. The van der Waals surface area contributed by atoms with Crippen molar-refractivity contribution in [2.45, 2.75) is 13.0 Å². The maximum atomic E-state index is 12.0. The molecule has 2 rings (SSSR count). The molecule has 2 aromatic rings. The van der Waals surface area contributed by atoms with Gasteiger partial charge in [-0.05, 0) is 37.3 Å². The number of hydrogen-bond acceptors (Lipinski definition) is 5. The standard InChI is InChI=1S/C16H17N3O5/c1-10(14-9-13(24-2)7-8-15(14)20)17-16(21)18-11-3-5-12(6-4-11)19(22)23/h3-10,20H,1-2H3,(H2,17,18,21). The normalized spacial score (nSPS) is 11.4. The second-order valence-electron chi connectivity index (χ2n) is 5.05. The fraction of sp³-hybridized carbons (Fsp3) is 0.188. The molecule has 0 saturated carbocycles. The number of amides is 2. The molecular weight excluding hydrogens is 314 g/mol. The van der Waals surface area contributed by atoms with Crippen LogP contribution in [-0.4, -0.2) is 23.2 Å². The van der Waals surface area contributed by atoms with Gasteiger partial charge in [-0.3, -0.25) is 10.1 Å². The van der Waals surface area contributed by atoms with E-state index < -0.39 is 17.0 Å². The number of nitrogens with one attached hydrogen (secondary N) is 2. The Kier molecular flexibility index (Phi) is 5.20. The van der Waals surface area contributed by atoms with E-state index in [1.807, 2.05) is 0 Å². The number of hydrogen-bond donors (Lipinski definition) is 3. The molecule has 0 aromatic heterocycles. The van der Waals surface area contributed by atoms with E-state index in [2.05, 4.69) is 10.6 Å². The number of methoxy groups -OCH3 is 1. The summed E-state index contributed by atoms with van der Waals surface area (Å²) in [5, 5.41) is 25.7. The molecule has 8 heteroatoms. The number of urea groups is 1. The minimum atomic E-state index is -0.516. The number of aromatic hydroxyl groups is 1. The Labute approximate surface area is 138 Å². The number of nitrogens with zero attached hydrogens (tertiary/aromatic N) is 1. The van der Waals surface area contributed by atoms with Crippen molar-refractivity contribution in [2.75, 3.05) is 12.4 Å². The summed E-state index contributed by atoms with van der Waals surface area (Å²) in [5.41, 5.74) is 0.865. The van der Waals surface area contributed by atoms with Crippen molar-refractivity contribution in [3.63, 3.8) is 0 Å². The fourth-order valence-electron chi connectivity index (χ4n) is 2.11. The average Bonchev–Trinajstić information content (AvgIpc) is 2.55. The smallest absolute Gasteiger partial charge is 0.319 e. The Morgan fingerprint density at radius 3 is 2.50 bits per heavy atom. The zero-order valence-corrected chi connectivity index (χ0v) is 13.1. The van der Waals surface area contributed by atoms with Crippen LogP contribution in [0.4, 0.5) is 16.2 Å². The highest BCUT2D eigenvalue weighted by Gasteiger charge is 2.14. The Bertz CT molecular complexity index is 746. The van der Waals surface area contributed by atoms with Gasteiger partial charge in [0.25, 0.3) is 5.69 Å². The zero-order chi connectivity index (χ0) is 17.7. The van der Waals surface area contributed by atoms with Crippen LogP contribution in [0.5, 0.6) is 11.5 Å². The second kappa shape index (κ2) is 7.32. The third-order valence-electron chi connectivity index (χ3n) is 3.38. The van der Waals surface area contributed by atoms with Crippen molar-refractivity contribution in [1.29, 1.82) is 0 Å². The molecule has 0 bridgehead atoms. The molecule has 3 N–H and O–H groups in total. The summed E-state index contributed by atoms with van der Waals surface area (Å²) in [6, 6.07) is 9.23. The summed E-state index contributed by atoms with van der Waals surface area (Å²) >= 11 is 0. The molecule has 0 aliphatic carbocycles. The van der Waals surface area contributed by atoms with E-state index in [-0.39, 0.29) is 11.4 Å². The number of nitro benzene ring substituents is 1. The van der Waals surface area contributed by atoms with Gasteiger partial charge in [0, 0.05) is 23.4 Å². The molecule has 2 amide bonds. The lowest BCUT2D eigenvalue weighted by atomic mass is 10.1. The van der Waals surface area contributed by atoms with E-state index >= 15 is 0 Å². The van der Waals surface area contributed by atoms with E-state index in [4.69, 9.17) is 4.74 Å². The van der Waals surface area contributed by atoms with Gasteiger partial charge in [0.15, 0.2) is 0 Å². The maximum absolute atomic E-state index is 12.0. The molecule has 0 spiro atoms. The quantitative estimate of drug-likeness (QED) is 0.575. The van der Waals surface area contributed by atoms with Crippen molar-refractivity contribution < 1.29 is 19.6 Å². The largest absolute Gasteiger partial charge is 0.508 e. The van der Waals surface area contributed by atoms with Crippen LogP contribution in [0.25, 0.3) is 0 Å². The summed E-state index contributed by atoms with van der Waals surface area (Å²) in [7, 11) is 1.51. The topological polar surface area (TPSA) is 114 Å². The second-order valence-corrected chi connectivity index (χ2v) is 5.05. The van der Waals surface area contributed by atoms with Crippen LogP contribution in [0, 0.1) is 10.1 Å². The number of nitro groups is 1. The van der Waals surface area contributed by atoms with Gasteiger partial charge in [-0.15, -0.1) is 0 Å². The maximum Gasteiger partial charge on any atom is 0.319 e. The summed E-state index contributed by atoms with van der Waals surface area (Å²) in [5.74, 6) is 0.603. The van der Waals surface area contributed by atoms with Gasteiger partial charge >= 0.3 is 6.03 Å². The zero-order valence-electron chi connectivity index (χ0n) is 13.1. The third kappa shape index (κ3) is 4.13. The summed E-state index contributed by atoms with van der Waals surface area (Å²) in [6.07, 6.45) is 0. The average molecular weight is 331 g/mol. The number of non-ortho nitro benzene ring substituents is 1. The monoisotopic (exact) mass is 331 g/mol. The van der Waals surface area contributed by atoms with Crippen molar-refractivity contribution in [3.8, 4) is 11.5 Å². The predicted octanol–water partition coefficient (Wildman–Crippen LogP) is 3.19. The number of benzene rings is 2. The molecule has 0 aliphatic heterocycles. The lowest BCUT2D eigenvalue weighted by molar-refractivity contribution is -0.384. The van der Waals surface area contributed by atoms with Crippen LogP contribution < -0.4 is 15.4 Å². The third-order valence-corrected chi connectivity index (χ3v) is 3.38. The molecule has 1 atom stereocenters. The van der Waals surface area contributed by atoms with Crippen molar-refractivity contribution >= 4 is 17.4 Å². The van der Waals surface area contributed by atoms with Gasteiger partial charge in [0.05, 0.1) is 18.1 Å². The summed E-state index contributed by atoms with van der Waals surface area (Å²) < 4.78 is 5.10. The minimum absolute atomic E-state index is 0.0407. The SMILES string of the molecule is COc1ccc(O)c(C(C)NC(=O)Nc2ccc([N+](=O)[O-])cc2)c1. The van der Waals surface area contributed by atoms with Crippen molar-refractivity contribution in [1.82, 2.24) is 5.32 Å².